The molecule has 232 valence electrons. The number of quaternary nitrogens is 1. The smallest absolute Gasteiger partial charge is 0.330 e. The zero-order chi connectivity index (χ0) is 29.9. The molecule has 2 aromatic carbocycles. The first-order valence-electron chi connectivity index (χ1n) is 15.2. The highest BCUT2D eigenvalue weighted by Crippen LogP contribution is 2.35. The minimum Gasteiger partial charge on any atom is -0.493 e. The second-order valence-electron chi connectivity index (χ2n) is 11.6. The Morgan fingerprint density at radius 1 is 0.780 bits per heavy atom. The van der Waals surface area contributed by atoms with Gasteiger partial charge in [0.2, 0.25) is 0 Å². The molecule has 0 saturated carbocycles. The molecule has 0 aliphatic rings. The number of esters is 1. The van der Waals surface area contributed by atoms with Gasteiger partial charge < -0.3 is 32.6 Å². The molecule has 0 amide bonds. The number of benzene rings is 2. The van der Waals surface area contributed by atoms with Crippen LogP contribution in [0.2, 0.25) is 0 Å². The number of likely N-dealkylation sites (N-methyl/N-ethyl adjacent to an activating group) is 1. The number of hydrogen-bond acceptors (Lipinski definition) is 7. The first-order chi connectivity index (χ1) is 19.7. The molecule has 0 bridgehead atoms. The summed E-state index contributed by atoms with van der Waals surface area (Å²) in [5.41, 5.74) is 0. The summed E-state index contributed by atoms with van der Waals surface area (Å²) in [5.74, 6) is 1.05. The molecule has 0 heterocycles. The summed E-state index contributed by atoms with van der Waals surface area (Å²) in [6.45, 7) is 5.41. The topological polar surface area (TPSA) is 83.5 Å². The van der Waals surface area contributed by atoms with Crippen LogP contribution >= 0.6 is 8.60 Å². The quantitative estimate of drug-likeness (QED) is 0.0621. The number of rotatable bonds is 23. The summed E-state index contributed by atoms with van der Waals surface area (Å²) in [6.07, 6.45) is 12.2. The van der Waals surface area contributed by atoms with Crippen LogP contribution < -0.4 is 9.47 Å². The fraction of sp³-hybridized carbons (Fsp3) is 0.656. The summed E-state index contributed by atoms with van der Waals surface area (Å²) in [6, 6.07) is 11.8. The Morgan fingerprint density at radius 2 is 1.34 bits per heavy atom. The van der Waals surface area contributed by atoms with Crippen LogP contribution in [0.4, 0.5) is 0 Å². The van der Waals surface area contributed by atoms with Gasteiger partial charge in [0.25, 0.3) is 0 Å². The molecular weight excluding hydrogens is 541 g/mol. The average molecular weight is 595 g/mol. The van der Waals surface area contributed by atoms with Gasteiger partial charge in [-0.3, -0.25) is 4.79 Å². The Kier molecular flexibility index (Phi) is 17.2. The van der Waals surface area contributed by atoms with E-state index in [1.54, 1.807) is 0 Å². The number of hydrogen-bond donors (Lipinski definition) is 1. The lowest BCUT2D eigenvalue weighted by Crippen LogP contribution is -2.37. The van der Waals surface area contributed by atoms with Crippen molar-refractivity contribution in [3.8, 4) is 11.5 Å². The molecule has 2 atom stereocenters. The van der Waals surface area contributed by atoms with Gasteiger partial charge in [0.15, 0.2) is 6.10 Å². The third-order valence-corrected chi connectivity index (χ3v) is 7.46. The number of ether oxygens (including phenoxy) is 3. The van der Waals surface area contributed by atoms with Crippen molar-refractivity contribution in [2.75, 3.05) is 54.1 Å². The van der Waals surface area contributed by atoms with Gasteiger partial charge in [-0.25, -0.2) is 0 Å². The molecule has 0 spiro atoms. The third-order valence-electron chi connectivity index (χ3n) is 6.69. The van der Waals surface area contributed by atoms with Crippen LogP contribution in [0.5, 0.6) is 11.5 Å². The summed E-state index contributed by atoms with van der Waals surface area (Å²) < 4.78 is 29.1. The van der Waals surface area contributed by atoms with Gasteiger partial charge >= 0.3 is 14.6 Å². The summed E-state index contributed by atoms with van der Waals surface area (Å²) in [7, 11) is 4.04. The van der Waals surface area contributed by atoms with Crippen LogP contribution in [0.15, 0.2) is 36.4 Å². The predicted molar refractivity (Wildman–Crippen MR) is 166 cm³/mol. The van der Waals surface area contributed by atoms with E-state index in [0.29, 0.717) is 23.4 Å². The number of fused-ring (bicyclic) bond motifs is 1. The van der Waals surface area contributed by atoms with Crippen molar-refractivity contribution in [2.24, 2.45) is 0 Å². The van der Waals surface area contributed by atoms with Crippen LogP contribution in [0.3, 0.4) is 0 Å². The van der Waals surface area contributed by atoms with Crippen molar-refractivity contribution < 1.29 is 37.4 Å². The van der Waals surface area contributed by atoms with Gasteiger partial charge in [-0.2, -0.15) is 0 Å². The number of carbonyl (C=O) groups is 1. The lowest BCUT2D eigenvalue weighted by atomic mass is 10.1. The van der Waals surface area contributed by atoms with Gasteiger partial charge in [0.05, 0.1) is 34.4 Å². The van der Waals surface area contributed by atoms with E-state index < -0.39 is 20.7 Å². The van der Waals surface area contributed by atoms with Crippen molar-refractivity contribution in [1.82, 2.24) is 0 Å². The molecule has 1 N–H and O–H groups in total. The zero-order valence-corrected chi connectivity index (χ0v) is 26.8. The molecule has 2 rings (SSSR count). The van der Waals surface area contributed by atoms with E-state index in [1.807, 2.05) is 57.5 Å². The average Bonchev–Trinajstić information content (AvgIpc) is 2.92. The lowest BCUT2D eigenvalue weighted by molar-refractivity contribution is -0.870. The fourth-order valence-corrected chi connectivity index (χ4v) is 4.98. The van der Waals surface area contributed by atoms with Crippen LogP contribution in [-0.2, 0) is 18.6 Å². The molecule has 0 aliphatic carbocycles. The van der Waals surface area contributed by atoms with Gasteiger partial charge in [-0.15, -0.1) is 0 Å². The summed E-state index contributed by atoms with van der Waals surface area (Å²) >= 11 is 0. The van der Waals surface area contributed by atoms with Gasteiger partial charge in [-0.1, -0.05) is 89.0 Å². The molecule has 2 aromatic rings. The Bertz CT molecular complexity index is 998. The number of nitrogens with zero attached hydrogens (tertiary/aromatic N) is 1. The Hall–Kier alpha value is -1.96. The largest absolute Gasteiger partial charge is 0.493 e. The molecule has 2 unspecified atom stereocenters. The minimum absolute atomic E-state index is 0.0376. The van der Waals surface area contributed by atoms with Gasteiger partial charge in [0.1, 0.15) is 31.3 Å². The van der Waals surface area contributed by atoms with E-state index in [0.717, 1.165) is 29.5 Å². The van der Waals surface area contributed by atoms with Crippen molar-refractivity contribution in [1.29, 1.82) is 0 Å². The van der Waals surface area contributed by atoms with Crippen LogP contribution in [-0.4, -0.2) is 75.6 Å². The van der Waals surface area contributed by atoms with E-state index in [-0.39, 0.29) is 13.2 Å². The van der Waals surface area contributed by atoms with Crippen molar-refractivity contribution in [3.63, 3.8) is 0 Å². The second-order valence-corrected chi connectivity index (χ2v) is 12.6. The first kappa shape index (κ1) is 35.2. The molecule has 0 aliphatic heterocycles. The lowest BCUT2D eigenvalue weighted by Gasteiger charge is -2.24. The molecule has 0 aromatic heterocycles. The highest BCUT2D eigenvalue weighted by Gasteiger charge is 2.19. The Morgan fingerprint density at radius 3 is 1.90 bits per heavy atom. The van der Waals surface area contributed by atoms with Gasteiger partial charge in [-0.05, 0) is 18.6 Å². The van der Waals surface area contributed by atoms with Crippen LogP contribution in [0, 0.1) is 0 Å². The van der Waals surface area contributed by atoms with E-state index >= 15 is 0 Å². The highest BCUT2D eigenvalue weighted by atomic mass is 31.2. The first-order valence-corrected chi connectivity index (χ1v) is 16.3. The predicted octanol–water partition coefficient (Wildman–Crippen LogP) is 7.41. The second kappa shape index (κ2) is 20.0. The summed E-state index contributed by atoms with van der Waals surface area (Å²) in [5, 5.41) is 1.89. The minimum atomic E-state index is -2.08. The van der Waals surface area contributed by atoms with Crippen molar-refractivity contribution in [3.05, 3.63) is 36.4 Å². The van der Waals surface area contributed by atoms with E-state index in [1.165, 1.54) is 64.7 Å². The fourth-order valence-electron chi connectivity index (χ4n) is 4.38. The standard InChI is InChI=1S/C32H53NO7P/c1-6-7-8-9-10-11-12-13-14-17-23-36-31-20-21-32(30-19-16-15-18-29(30)31)37-25-28(40-27(2)34)26-39-41(35)38-24-22-33(3,4)5/h15-16,18-21,28,35H,6-14,17,22-26H2,1-5H3/q+1. The molecular formula is C32H53NO7P+. The van der Waals surface area contributed by atoms with E-state index in [2.05, 4.69) is 6.92 Å². The third kappa shape index (κ3) is 15.7. The van der Waals surface area contributed by atoms with E-state index in [4.69, 9.17) is 23.3 Å². The maximum atomic E-state index is 11.7. The zero-order valence-electron chi connectivity index (χ0n) is 25.9. The van der Waals surface area contributed by atoms with E-state index in [9.17, 15) is 9.69 Å². The SMILES string of the molecule is CCCCCCCCCCCCOc1ccc(OCC(COP(O)OCC[N+](C)(C)C)OC(C)=O)c2ccccc12. The normalized spacial score (nSPS) is 13.2. The Balaban J connectivity index is 1.82. The molecule has 0 fully saturated rings. The molecule has 0 saturated heterocycles. The van der Waals surface area contributed by atoms with Crippen molar-refractivity contribution >= 4 is 25.3 Å². The number of unbranched alkanes of at least 4 members (excludes halogenated alkanes) is 9. The molecule has 9 heteroatoms. The molecule has 41 heavy (non-hydrogen) atoms. The van der Waals surface area contributed by atoms with Gasteiger partial charge in [0, 0.05) is 17.7 Å². The van der Waals surface area contributed by atoms with Crippen LogP contribution in [0.1, 0.15) is 78.1 Å². The highest BCUT2D eigenvalue weighted by molar-refractivity contribution is 7.40. The molecule has 0 radical (unpaired) electrons. The maximum Gasteiger partial charge on any atom is 0.330 e. The Labute approximate surface area is 248 Å². The van der Waals surface area contributed by atoms with Crippen molar-refractivity contribution in [2.45, 2.75) is 84.2 Å². The monoisotopic (exact) mass is 594 g/mol. The number of carbonyl (C=O) groups excluding carboxylic acids is 1. The summed E-state index contributed by atoms with van der Waals surface area (Å²) in [4.78, 5) is 21.7. The maximum absolute atomic E-state index is 11.7. The molecule has 8 nitrogen and oxygen atoms in total. The van der Waals surface area contributed by atoms with Crippen LogP contribution in [0.25, 0.3) is 10.8 Å².